The summed E-state index contributed by atoms with van der Waals surface area (Å²) in [6.07, 6.45) is 3.27. The first-order valence-electron chi connectivity index (χ1n) is 16.0. The minimum absolute atomic E-state index is 0.200. The fourth-order valence-electron chi connectivity index (χ4n) is 6.86. The van der Waals surface area contributed by atoms with Crippen molar-refractivity contribution < 1.29 is 4.57 Å². The molecule has 7 rings (SSSR count). The summed E-state index contributed by atoms with van der Waals surface area (Å²) in [7, 11) is 2.18. The maximum absolute atomic E-state index is 5.10. The van der Waals surface area contributed by atoms with E-state index in [9.17, 15) is 0 Å². The van der Waals surface area contributed by atoms with Gasteiger partial charge >= 0.3 is 0 Å². The highest BCUT2D eigenvalue weighted by Crippen LogP contribution is 2.43. The van der Waals surface area contributed by atoms with Crippen LogP contribution in [-0.2, 0) is 24.3 Å². The minimum atomic E-state index is -0.200. The highest BCUT2D eigenvalue weighted by atomic mass is 15.1. The third-order valence-electron chi connectivity index (χ3n) is 9.21. The van der Waals surface area contributed by atoms with Crippen molar-refractivity contribution >= 4 is 49.0 Å². The van der Waals surface area contributed by atoms with Crippen LogP contribution in [0.4, 0.5) is 0 Å². The lowest BCUT2D eigenvalue weighted by atomic mass is 9.92. The van der Waals surface area contributed by atoms with Crippen LogP contribution in [0.5, 0.6) is 0 Å². The van der Waals surface area contributed by atoms with E-state index in [0.717, 1.165) is 29.5 Å². The first kappa shape index (κ1) is 28.6. The molecule has 3 aromatic carbocycles. The van der Waals surface area contributed by atoms with Crippen LogP contribution in [0, 0.1) is 19.8 Å². The predicted octanol–water partition coefficient (Wildman–Crippen LogP) is 9.08. The molecule has 4 aromatic heterocycles. The van der Waals surface area contributed by atoms with Gasteiger partial charge < -0.3 is 4.40 Å². The van der Waals surface area contributed by atoms with E-state index < -0.39 is 0 Å². The van der Waals surface area contributed by atoms with E-state index in [1.165, 1.54) is 65.7 Å². The first-order chi connectivity index (χ1) is 20.6. The number of hydrogen-bond donors (Lipinski definition) is 0. The Morgan fingerprint density at radius 2 is 1.45 bits per heavy atom. The average molecular weight is 583 g/mol. The number of aromatic nitrogens is 5. The van der Waals surface area contributed by atoms with Crippen LogP contribution in [0.2, 0.25) is 0 Å². The van der Waals surface area contributed by atoms with Gasteiger partial charge in [-0.1, -0.05) is 61.5 Å². The van der Waals surface area contributed by atoms with Crippen molar-refractivity contribution in [3.8, 4) is 11.4 Å². The van der Waals surface area contributed by atoms with Gasteiger partial charge in [0.05, 0.1) is 27.3 Å². The molecule has 0 spiro atoms. The lowest BCUT2D eigenvalue weighted by Gasteiger charge is -2.23. The molecule has 4 heterocycles. The molecule has 0 amide bonds. The van der Waals surface area contributed by atoms with Crippen LogP contribution in [0.3, 0.4) is 0 Å². The van der Waals surface area contributed by atoms with Gasteiger partial charge in [0.25, 0.3) is 0 Å². The third-order valence-corrected chi connectivity index (χ3v) is 9.21. The largest absolute Gasteiger partial charge is 0.307 e. The highest BCUT2D eigenvalue weighted by molar-refractivity contribution is 6.26. The van der Waals surface area contributed by atoms with Crippen molar-refractivity contribution in [3.05, 3.63) is 77.0 Å². The maximum atomic E-state index is 5.10. The van der Waals surface area contributed by atoms with E-state index in [-0.39, 0.29) is 10.8 Å². The summed E-state index contributed by atoms with van der Waals surface area (Å²) < 4.78 is 4.82. The third kappa shape index (κ3) is 4.27. The van der Waals surface area contributed by atoms with Gasteiger partial charge in [0.2, 0.25) is 5.52 Å². The quantitative estimate of drug-likeness (QED) is 0.119. The molecule has 0 bridgehead atoms. The van der Waals surface area contributed by atoms with Crippen LogP contribution in [0.15, 0.2) is 48.7 Å². The Bertz CT molecular complexity index is 2240. The normalized spacial score (nSPS) is 13.2. The Hall–Kier alpha value is -4.12. The van der Waals surface area contributed by atoms with Gasteiger partial charge in [0, 0.05) is 33.2 Å². The zero-order chi connectivity index (χ0) is 31.5. The zero-order valence-corrected chi connectivity index (χ0v) is 28.1. The Balaban J connectivity index is 1.68. The number of hydrogen-bond acceptors (Lipinski definition) is 3. The first-order valence-corrected chi connectivity index (χ1v) is 16.0. The van der Waals surface area contributed by atoms with Crippen molar-refractivity contribution in [3.63, 3.8) is 0 Å². The Labute approximate surface area is 260 Å². The molecule has 0 radical (unpaired) electrons. The van der Waals surface area contributed by atoms with Gasteiger partial charge in [-0.05, 0) is 78.6 Å². The Morgan fingerprint density at radius 1 is 0.773 bits per heavy atom. The SMILES string of the molecule is Cc1cc2c3cc(CC(C)C)ccc3n3c4cc(-c5nc(C(C)(C)C)nc(C(C)(C)C)n5)cc5cc[n+](C)c(c(c1C)c23)c54. The van der Waals surface area contributed by atoms with Gasteiger partial charge in [0.15, 0.2) is 12.0 Å². The highest BCUT2D eigenvalue weighted by Gasteiger charge is 2.28. The molecule has 0 fully saturated rings. The molecule has 0 aliphatic heterocycles. The van der Waals surface area contributed by atoms with E-state index in [2.05, 4.69) is 134 Å². The molecule has 0 atom stereocenters. The second-order valence-electron chi connectivity index (χ2n) is 15.4. The van der Waals surface area contributed by atoms with E-state index in [4.69, 9.17) is 15.0 Å². The molecule has 0 aliphatic rings. The van der Waals surface area contributed by atoms with Crippen LogP contribution in [0.25, 0.3) is 60.4 Å². The minimum Gasteiger partial charge on any atom is -0.307 e. The van der Waals surface area contributed by atoms with Crippen LogP contribution in [0.1, 0.15) is 83.7 Å². The van der Waals surface area contributed by atoms with E-state index in [1.807, 2.05) is 0 Å². The predicted molar refractivity (Wildman–Crippen MR) is 184 cm³/mol. The number of nitrogens with zero attached hydrogens (tertiary/aromatic N) is 5. The smallest absolute Gasteiger partial charge is 0.224 e. The van der Waals surface area contributed by atoms with E-state index in [0.29, 0.717) is 5.92 Å². The monoisotopic (exact) mass is 582 g/mol. The summed E-state index contributed by atoms with van der Waals surface area (Å²) in [5, 5.41) is 6.44. The van der Waals surface area contributed by atoms with E-state index >= 15 is 0 Å². The van der Waals surface area contributed by atoms with Crippen molar-refractivity contribution in [2.75, 3.05) is 0 Å². The van der Waals surface area contributed by atoms with Gasteiger partial charge in [-0.25, -0.2) is 19.5 Å². The Morgan fingerprint density at radius 3 is 2.09 bits per heavy atom. The van der Waals surface area contributed by atoms with Gasteiger partial charge in [-0.3, -0.25) is 0 Å². The van der Waals surface area contributed by atoms with Gasteiger partial charge in [0.1, 0.15) is 18.7 Å². The van der Waals surface area contributed by atoms with Gasteiger partial charge in [-0.15, -0.1) is 0 Å². The second kappa shape index (κ2) is 9.44. The molecule has 0 saturated heterocycles. The summed E-state index contributed by atoms with van der Waals surface area (Å²) in [4.78, 5) is 15.2. The van der Waals surface area contributed by atoms with Crippen molar-refractivity contribution in [2.24, 2.45) is 13.0 Å². The number of pyridine rings is 2. The average Bonchev–Trinajstić information content (AvgIpc) is 3.26. The van der Waals surface area contributed by atoms with Crippen LogP contribution >= 0.6 is 0 Å². The summed E-state index contributed by atoms with van der Waals surface area (Å²) in [6.45, 7) is 22.2. The summed E-state index contributed by atoms with van der Waals surface area (Å²) in [5.74, 6) is 2.99. The second-order valence-corrected chi connectivity index (χ2v) is 15.4. The van der Waals surface area contributed by atoms with Crippen LogP contribution in [-0.4, -0.2) is 19.4 Å². The molecule has 0 N–H and O–H groups in total. The lowest BCUT2D eigenvalue weighted by molar-refractivity contribution is -0.643. The summed E-state index contributed by atoms with van der Waals surface area (Å²) >= 11 is 0. The van der Waals surface area contributed by atoms with Crippen molar-refractivity contribution in [2.45, 2.75) is 86.5 Å². The van der Waals surface area contributed by atoms with E-state index in [1.54, 1.807) is 0 Å². The molecule has 5 heteroatoms. The molecular weight excluding hydrogens is 538 g/mol. The maximum Gasteiger partial charge on any atom is 0.224 e. The zero-order valence-electron chi connectivity index (χ0n) is 28.1. The Kier molecular flexibility index (Phi) is 6.14. The number of benzene rings is 3. The number of fused-ring (bicyclic) bond motifs is 5. The number of aryl methyl sites for hydroxylation is 3. The molecule has 7 aromatic rings. The standard InChI is InChI=1S/C39H44N5/c1-21(2)16-24-12-13-29-27(18-24)28-17-22(3)23(4)31-33(28)44(29)30-20-26(19-25-14-15-43(11)34(31)32(25)30)35-40-36(38(5,6)7)42-37(41-35)39(8,9)10/h12-15,17-21H,16H2,1-11H3/q+1. The molecule has 224 valence electrons. The van der Waals surface area contributed by atoms with Gasteiger partial charge in [-0.2, -0.15) is 0 Å². The lowest BCUT2D eigenvalue weighted by Crippen LogP contribution is -2.29. The van der Waals surface area contributed by atoms with Crippen molar-refractivity contribution in [1.29, 1.82) is 0 Å². The molecule has 0 saturated carbocycles. The summed E-state index contributed by atoms with van der Waals surface area (Å²) in [5.41, 5.74) is 9.67. The number of rotatable bonds is 3. The fourth-order valence-corrected chi connectivity index (χ4v) is 6.86. The summed E-state index contributed by atoms with van der Waals surface area (Å²) in [6, 6.07) is 16.3. The van der Waals surface area contributed by atoms with Crippen LogP contribution < -0.4 is 4.57 Å². The molecule has 0 unspecified atom stereocenters. The molecule has 44 heavy (non-hydrogen) atoms. The van der Waals surface area contributed by atoms with Crippen molar-refractivity contribution in [1.82, 2.24) is 19.4 Å². The molecule has 5 nitrogen and oxygen atoms in total. The molecule has 0 aliphatic carbocycles. The topological polar surface area (TPSA) is 47.0 Å². The fraction of sp³-hybridized carbons (Fsp3) is 0.385. The molecular formula is C39H44N5+.